The van der Waals surface area contributed by atoms with E-state index in [0.717, 1.165) is 0 Å². The zero-order valence-electron chi connectivity index (χ0n) is 5.54. The monoisotopic (exact) mass is 131 g/mol. The number of nitrogens with two attached hydrogens (primary N) is 1. The fraction of sp³-hybridized carbons (Fsp3) is 0.667. The molecule has 0 heterocycles. The number of hydrogen-bond donors (Lipinski definition) is 3. The van der Waals surface area contributed by atoms with E-state index in [4.69, 9.17) is 15.9 Å². The summed E-state index contributed by atoms with van der Waals surface area (Å²) in [7, 11) is 0. The van der Waals surface area contributed by atoms with Gasteiger partial charge in [0.15, 0.2) is 0 Å². The zero-order chi connectivity index (χ0) is 7.44. The molecule has 54 valence electrons. The molecule has 0 radical (unpaired) electrons. The maximum absolute atomic E-state index is 8.83. The van der Waals surface area contributed by atoms with E-state index in [2.05, 4.69) is 6.58 Å². The summed E-state index contributed by atoms with van der Waals surface area (Å²) in [5.74, 6) is 0. The quantitative estimate of drug-likeness (QED) is 0.441. The van der Waals surface area contributed by atoms with Crippen LogP contribution in [0.25, 0.3) is 0 Å². The van der Waals surface area contributed by atoms with Gasteiger partial charge in [-0.25, -0.2) is 0 Å². The van der Waals surface area contributed by atoms with Crippen LogP contribution in [0.1, 0.15) is 6.92 Å². The first-order valence-corrected chi connectivity index (χ1v) is 2.82. The Labute approximate surface area is 54.8 Å². The van der Waals surface area contributed by atoms with Crippen LogP contribution in [-0.4, -0.2) is 29.0 Å². The first kappa shape index (κ1) is 8.62. The summed E-state index contributed by atoms with van der Waals surface area (Å²) in [5, 5.41) is 17.3. The molecule has 0 aliphatic carbocycles. The Kier molecular flexibility index (Phi) is 3.46. The predicted molar refractivity (Wildman–Crippen MR) is 35.9 cm³/mol. The topological polar surface area (TPSA) is 66.5 Å². The van der Waals surface area contributed by atoms with Crippen molar-refractivity contribution < 1.29 is 10.2 Å². The van der Waals surface area contributed by atoms with Crippen LogP contribution in [0.2, 0.25) is 0 Å². The molecule has 0 aromatic heterocycles. The third-order valence-corrected chi connectivity index (χ3v) is 1.21. The van der Waals surface area contributed by atoms with Gasteiger partial charge in [0, 0.05) is 0 Å². The minimum atomic E-state index is -0.632. The molecule has 0 aliphatic rings. The minimum absolute atomic E-state index is 0.163. The number of aliphatic hydroxyl groups excluding tert-OH is 2. The SMILES string of the molecule is C=C([C@@H](C)O)[C@@H](N)CO. The van der Waals surface area contributed by atoms with Gasteiger partial charge >= 0.3 is 0 Å². The van der Waals surface area contributed by atoms with E-state index in [9.17, 15) is 0 Å². The molecule has 2 atom stereocenters. The summed E-state index contributed by atoms with van der Waals surface area (Å²) >= 11 is 0. The Balaban J connectivity index is 3.73. The van der Waals surface area contributed by atoms with Crippen LogP contribution in [0.3, 0.4) is 0 Å². The standard InChI is InChI=1S/C6H13NO2/c1-4(5(2)9)6(7)3-8/h5-6,8-9H,1,3,7H2,2H3/t5-,6+/m1/s1. The van der Waals surface area contributed by atoms with Gasteiger partial charge in [-0.15, -0.1) is 0 Å². The first-order chi connectivity index (χ1) is 4.09. The molecule has 3 heteroatoms. The molecule has 0 saturated heterocycles. The van der Waals surface area contributed by atoms with Crippen molar-refractivity contribution in [3.05, 3.63) is 12.2 Å². The highest BCUT2D eigenvalue weighted by Gasteiger charge is 2.09. The summed E-state index contributed by atoms with van der Waals surface area (Å²) in [6, 6.07) is -0.495. The smallest absolute Gasteiger partial charge is 0.0735 e. The molecular formula is C6H13NO2. The Morgan fingerprint density at radius 2 is 2.22 bits per heavy atom. The van der Waals surface area contributed by atoms with Gasteiger partial charge in [0.05, 0.1) is 18.8 Å². The summed E-state index contributed by atoms with van der Waals surface area (Å²) < 4.78 is 0. The minimum Gasteiger partial charge on any atom is -0.394 e. The van der Waals surface area contributed by atoms with Crippen molar-refractivity contribution in [1.82, 2.24) is 0 Å². The van der Waals surface area contributed by atoms with E-state index in [1.54, 1.807) is 6.92 Å². The largest absolute Gasteiger partial charge is 0.394 e. The number of rotatable bonds is 3. The lowest BCUT2D eigenvalue weighted by Crippen LogP contribution is -2.31. The summed E-state index contributed by atoms with van der Waals surface area (Å²) in [6.45, 7) is 4.89. The first-order valence-electron chi connectivity index (χ1n) is 2.82. The molecule has 0 aromatic carbocycles. The molecule has 4 N–H and O–H groups in total. The third-order valence-electron chi connectivity index (χ3n) is 1.21. The van der Waals surface area contributed by atoms with E-state index in [0.29, 0.717) is 5.57 Å². The van der Waals surface area contributed by atoms with Crippen LogP contribution in [-0.2, 0) is 0 Å². The number of hydrogen-bond acceptors (Lipinski definition) is 3. The van der Waals surface area contributed by atoms with Crippen LogP contribution in [0.5, 0.6) is 0 Å². The molecule has 3 nitrogen and oxygen atoms in total. The lowest BCUT2D eigenvalue weighted by atomic mass is 10.1. The average molecular weight is 131 g/mol. The lowest BCUT2D eigenvalue weighted by Gasteiger charge is -2.13. The lowest BCUT2D eigenvalue weighted by molar-refractivity contribution is 0.206. The van der Waals surface area contributed by atoms with Gasteiger partial charge in [-0.2, -0.15) is 0 Å². The predicted octanol–water partition coefficient (Wildman–Crippen LogP) is -0.757. The molecule has 0 saturated carbocycles. The third kappa shape index (κ3) is 2.60. The van der Waals surface area contributed by atoms with Crippen LogP contribution < -0.4 is 5.73 Å². The Morgan fingerprint density at radius 3 is 2.33 bits per heavy atom. The van der Waals surface area contributed by atoms with E-state index >= 15 is 0 Å². The summed E-state index contributed by atoms with van der Waals surface area (Å²) in [5.41, 5.74) is 5.78. The van der Waals surface area contributed by atoms with Crippen molar-refractivity contribution in [2.75, 3.05) is 6.61 Å². The van der Waals surface area contributed by atoms with Crippen molar-refractivity contribution in [3.8, 4) is 0 Å². The highest BCUT2D eigenvalue weighted by atomic mass is 16.3. The van der Waals surface area contributed by atoms with Crippen molar-refractivity contribution in [1.29, 1.82) is 0 Å². The van der Waals surface area contributed by atoms with E-state index < -0.39 is 12.1 Å². The van der Waals surface area contributed by atoms with Gasteiger partial charge in [0.2, 0.25) is 0 Å². The van der Waals surface area contributed by atoms with E-state index in [-0.39, 0.29) is 6.61 Å². The molecule has 0 aromatic rings. The summed E-state index contributed by atoms with van der Waals surface area (Å²) in [4.78, 5) is 0. The Bertz CT molecular complexity index is 101. The van der Waals surface area contributed by atoms with Gasteiger partial charge in [0.1, 0.15) is 0 Å². The zero-order valence-corrected chi connectivity index (χ0v) is 5.54. The van der Waals surface area contributed by atoms with Crippen LogP contribution in [0.15, 0.2) is 12.2 Å². The molecule has 0 unspecified atom stereocenters. The van der Waals surface area contributed by atoms with Gasteiger partial charge in [0.25, 0.3) is 0 Å². The Morgan fingerprint density at radius 1 is 1.78 bits per heavy atom. The second-order valence-electron chi connectivity index (χ2n) is 2.04. The van der Waals surface area contributed by atoms with E-state index in [1.807, 2.05) is 0 Å². The molecule has 0 bridgehead atoms. The second-order valence-corrected chi connectivity index (χ2v) is 2.04. The normalized spacial score (nSPS) is 16.9. The van der Waals surface area contributed by atoms with Crippen molar-refractivity contribution in [2.24, 2.45) is 5.73 Å². The van der Waals surface area contributed by atoms with Crippen molar-refractivity contribution in [2.45, 2.75) is 19.1 Å². The molecule has 0 fully saturated rings. The number of aliphatic hydroxyl groups is 2. The maximum atomic E-state index is 8.83. The molecule has 0 rings (SSSR count). The van der Waals surface area contributed by atoms with Gasteiger partial charge in [-0.3, -0.25) is 0 Å². The van der Waals surface area contributed by atoms with Crippen LogP contribution in [0, 0.1) is 0 Å². The van der Waals surface area contributed by atoms with Crippen molar-refractivity contribution in [3.63, 3.8) is 0 Å². The molecule has 0 aliphatic heterocycles. The van der Waals surface area contributed by atoms with Crippen LogP contribution in [0.4, 0.5) is 0 Å². The highest BCUT2D eigenvalue weighted by Crippen LogP contribution is 2.01. The highest BCUT2D eigenvalue weighted by molar-refractivity contribution is 5.08. The maximum Gasteiger partial charge on any atom is 0.0735 e. The average Bonchev–Trinajstić information content (AvgIpc) is 1.84. The fourth-order valence-corrected chi connectivity index (χ4v) is 0.427. The fourth-order valence-electron chi connectivity index (χ4n) is 0.427. The van der Waals surface area contributed by atoms with Gasteiger partial charge < -0.3 is 15.9 Å². The van der Waals surface area contributed by atoms with Gasteiger partial charge in [-0.1, -0.05) is 6.58 Å². The molecule has 0 spiro atoms. The second kappa shape index (κ2) is 3.61. The molecule has 0 amide bonds. The molecule has 9 heavy (non-hydrogen) atoms. The Hall–Kier alpha value is -0.380. The van der Waals surface area contributed by atoms with Crippen LogP contribution >= 0.6 is 0 Å². The molecular weight excluding hydrogens is 118 g/mol. The van der Waals surface area contributed by atoms with Crippen molar-refractivity contribution >= 4 is 0 Å². The van der Waals surface area contributed by atoms with Gasteiger partial charge in [-0.05, 0) is 12.5 Å². The van der Waals surface area contributed by atoms with E-state index in [1.165, 1.54) is 0 Å². The summed E-state index contributed by atoms with van der Waals surface area (Å²) in [6.07, 6.45) is -0.632.